The first kappa shape index (κ1) is 17.3. The average molecular weight is 338 g/mol. The van der Waals surface area contributed by atoms with E-state index in [-0.39, 0.29) is 18.0 Å². The lowest BCUT2D eigenvalue weighted by atomic mass is 10.1. The maximum atomic E-state index is 13.1. The van der Waals surface area contributed by atoms with Gasteiger partial charge in [0.2, 0.25) is 0 Å². The van der Waals surface area contributed by atoms with Gasteiger partial charge >= 0.3 is 0 Å². The van der Waals surface area contributed by atoms with Crippen LogP contribution in [0.1, 0.15) is 55.8 Å². The first-order chi connectivity index (χ1) is 10.4. The number of fused-ring (bicyclic) bond motifs is 1. The maximum Gasteiger partial charge on any atom is 0.265 e. The van der Waals surface area contributed by atoms with E-state index in [1.807, 2.05) is 17.0 Å². The number of thiophene rings is 1. The highest BCUT2D eigenvalue weighted by molar-refractivity contribution is 7.21. The highest BCUT2D eigenvalue weighted by Gasteiger charge is 2.28. The Labute approximate surface area is 142 Å². The SMILES string of the molecule is CC[C@H](C)N(C(=O)c1sc2cc(C)ccc2c1Cl)[C@@H](C)CC. The van der Waals surface area contributed by atoms with Gasteiger partial charge in [0.15, 0.2) is 0 Å². The minimum absolute atomic E-state index is 0.0625. The molecule has 2 aromatic rings. The van der Waals surface area contributed by atoms with E-state index < -0.39 is 0 Å². The van der Waals surface area contributed by atoms with E-state index >= 15 is 0 Å². The number of nitrogens with zero attached hydrogens (tertiary/aromatic N) is 1. The van der Waals surface area contributed by atoms with Crippen LogP contribution in [-0.2, 0) is 0 Å². The molecule has 120 valence electrons. The molecule has 1 aromatic heterocycles. The molecule has 0 spiro atoms. The van der Waals surface area contributed by atoms with Gasteiger partial charge in [-0.15, -0.1) is 11.3 Å². The van der Waals surface area contributed by atoms with E-state index in [1.165, 1.54) is 16.9 Å². The summed E-state index contributed by atoms with van der Waals surface area (Å²) in [6, 6.07) is 6.57. The van der Waals surface area contributed by atoms with Crippen LogP contribution in [0.4, 0.5) is 0 Å². The van der Waals surface area contributed by atoms with Crippen LogP contribution in [0, 0.1) is 6.92 Å². The van der Waals surface area contributed by atoms with Crippen molar-refractivity contribution in [3.63, 3.8) is 0 Å². The lowest BCUT2D eigenvalue weighted by Crippen LogP contribution is -2.44. The Morgan fingerprint density at radius 1 is 1.23 bits per heavy atom. The smallest absolute Gasteiger partial charge is 0.265 e. The van der Waals surface area contributed by atoms with Crippen LogP contribution >= 0.6 is 22.9 Å². The summed E-state index contributed by atoms with van der Waals surface area (Å²) in [4.78, 5) is 15.7. The number of aryl methyl sites for hydroxylation is 1. The predicted molar refractivity (Wildman–Crippen MR) is 97.2 cm³/mol. The van der Waals surface area contributed by atoms with Crippen LogP contribution in [0.25, 0.3) is 10.1 Å². The average Bonchev–Trinajstić information content (AvgIpc) is 2.83. The molecule has 2 atom stereocenters. The fraction of sp³-hybridized carbons (Fsp3) is 0.500. The number of carbonyl (C=O) groups is 1. The van der Waals surface area contributed by atoms with E-state index in [1.54, 1.807) is 0 Å². The molecule has 2 nitrogen and oxygen atoms in total. The minimum atomic E-state index is 0.0625. The van der Waals surface area contributed by atoms with Crippen molar-refractivity contribution in [1.29, 1.82) is 0 Å². The molecule has 0 radical (unpaired) electrons. The molecule has 1 aromatic carbocycles. The molecular weight excluding hydrogens is 314 g/mol. The van der Waals surface area contributed by atoms with E-state index in [0.29, 0.717) is 9.90 Å². The number of amides is 1. The fourth-order valence-electron chi connectivity index (χ4n) is 2.66. The summed E-state index contributed by atoms with van der Waals surface area (Å²) < 4.78 is 1.08. The molecule has 0 aliphatic carbocycles. The van der Waals surface area contributed by atoms with Crippen LogP contribution in [-0.4, -0.2) is 22.9 Å². The molecule has 0 unspecified atom stereocenters. The van der Waals surface area contributed by atoms with Gasteiger partial charge in [0.25, 0.3) is 5.91 Å². The van der Waals surface area contributed by atoms with E-state index in [0.717, 1.165) is 22.9 Å². The molecule has 1 heterocycles. The molecule has 0 saturated heterocycles. The van der Waals surface area contributed by atoms with Crippen molar-refractivity contribution in [2.75, 3.05) is 0 Å². The maximum absolute atomic E-state index is 13.1. The van der Waals surface area contributed by atoms with Gasteiger partial charge < -0.3 is 4.90 Å². The lowest BCUT2D eigenvalue weighted by molar-refractivity contribution is 0.0604. The van der Waals surface area contributed by atoms with Crippen molar-refractivity contribution in [1.82, 2.24) is 4.90 Å². The highest BCUT2D eigenvalue weighted by atomic mass is 35.5. The first-order valence-electron chi connectivity index (χ1n) is 7.91. The van der Waals surface area contributed by atoms with Crippen LogP contribution in [0.5, 0.6) is 0 Å². The third-order valence-corrected chi connectivity index (χ3v) is 5.99. The summed E-state index contributed by atoms with van der Waals surface area (Å²) in [7, 11) is 0. The summed E-state index contributed by atoms with van der Waals surface area (Å²) in [6.45, 7) is 10.5. The fourth-order valence-corrected chi connectivity index (χ4v) is 4.21. The van der Waals surface area contributed by atoms with Gasteiger partial charge in [-0.05, 0) is 45.2 Å². The predicted octanol–water partition coefficient (Wildman–Crippen LogP) is 5.90. The lowest BCUT2D eigenvalue weighted by Gasteiger charge is -2.33. The molecule has 0 bridgehead atoms. The van der Waals surface area contributed by atoms with Crippen molar-refractivity contribution in [2.45, 2.75) is 59.5 Å². The Morgan fingerprint density at radius 2 is 1.82 bits per heavy atom. The third kappa shape index (κ3) is 3.16. The van der Waals surface area contributed by atoms with Gasteiger partial charge in [0.1, 0.15) is 4.88 Å². The molecule has 1 amide bonds. The molecule has 2 rings (SSSR count). The normalized spacial score (nSPS) is 14.1. The summed E-state index contributed by atoms with van der Waals surface area (Å²) in [5.74, 6) is 0.0625. The number of carbonyl (C=O) groups excluding carboxylic acids is 1. The van der Waals surface area contributed by atoms with Crippen LogP contribution in [0.15, 0.2) is 18.2 Å². The minimum Gasteiger partial charge on any atom is -0.333 e. The first-order valence-corrected chi connectivity index (χ1v) is 9.11. The summed E-state index contributed by atoms with van der Waals surface area (Å²) in [5.41, 5.74) is 1.19. The summed E-state index contributed by atoms with van der Waals surface area (Å²) in [6.07, 6.45) is 1.88. The zero-order chi connectivity index (χ0) is 16.4. The van der Waals surface area contributed by atoms with Gasteiger partial charge in [-0.1, -0.05) is 37.6 Å². The van der Waals surface area contributed by atoms with Crippen LogP contribution in [0.2, 0.25) is 5.02 Å². The van der Waals surface area contributed by atoms with Crippen LogP contribution in [0.3, 0.4) is 0 Å². The number of benzene rings is 1. The van der Waals surface area contributed by atoms with Crippen LogP contribution < -0.4 is 0 Å². The molecule has 0 fully saturated rings. The zero-order valence-corrected chi connectivity index (χ0v) is 15.5. The van der Waals surface area contributed by atoms with Gasteiger partial charge in [0.05, 0.1) is 5.02 Å². The van der Waals surface area contributed by atoms with Crippen molar-refractivity contribution < 1.29 is 4.79 Å². The summed E-state index contributed by atoms with van der Waals surface area (Å²) >= 11 is 8.01. The van der Waals surface area contributed by atoms with E-state index in [2.05, 4.69) is 40.7 Å². The van der Waals surface area contributed by atoms with E-state index in [4.69, 9.17) is 11.6 Å². The molecule has 0 aliphatic rings. The van der Waals surface area contributed by atoms with Crippen molar-refractivity contribution >= 4 is 38.9 Å². The number of halogens is 1. The second kappa shape index (κ2) is 7.01. The Balaban J connectivity index is 2.48. The number of hydrogen-bond donors (Lipinski definition) is 0. The van der Waals surface area contributed by atoms with E-state index in [9.17, 15) is 4.79 Å². The Morgan fingerprint density at radius 3 is 2.36 bits per heavy atom. The Kier molecular flexibility index (Phi) is 5.51. The second-order valence-corrected chi connectivity index (χ2v) is 7.40. The monoisotopic (exact) mass is 337 g/mol. The molecular formula is C18H24ClNOS. The number of rotatable bonds is 5. The van der Waals surface area contributed by atoms with Gasteiger partial charge in [-0.3, -0.25) is 4.79 Å². The molecule has 4 heteroatoms. The summed E-state index contributed by atoms with van der Waals surface area (Å²) in [5, 5.41) is 1.58. The quantitative estimate of drug-likeness (QED) is 0.664. The Bertz CT molecular complexity index is 669. The van der Waals surface area contributed by atoms with Gasteiger partial charge in [0, 0.05) is 22.2 Å². The standard InChI is InChI=1S/C18H24ClNOS/c1-6-12(4)20(13(5)7-2)18(21)17-16(19)14-9-8-11(3)10-15(14)22-17/h8-10,12-13H,6-7H2,1-5H3/t12-,13-/m0/s1. The third-order valence-electron chi connectivity index (χ3n) is 4.35. The molecule has 0 N–H and O–H groups in total. The van der Waals surface area contributed by atoms with Crippen molar-refractivity contribution in [3.05, 3.63) is 33.7 Å². The number of hydrogen-bond acceptors (Lipinski definition) is 2. The van der Waals surface area contributed by atoms with Crippen molar-refractivity contribution in [3.8, 4) is 0 Å². The van der Waals surface area contributed by atoms with Gasteiger partial charge in [-0.25, -0.2) is 0 Å². The topological polar surface area (TPSA) is 20.3 Å². The Hall–Kier alpha value is -1.06. The molecule has 0 aliphatic heterocycles. The zero-order valence-electron chi connectivity index (χ0n) is 13.9. The second-order valence-electron chi connectivity index (χ2n) is 5.97. The van der Waals surface area contributed by atoms with Crippen molar-refractivity contribution in [2.24, 2.45) is 0 Å². The molecule has 0 saturated carbocycles. The highest BCUT2D eigenvalue weighted by Crippen LogP contribution is 2.37. The van der Waals surface area contributed by atoms with Gasteiger partial charge in [-0.2, -0.15) is 0 Å². The molecule has 22 heavy (non-hydrogen) atoms. The largest absolute Gasteiger partial charge is 0.333 e.